The normalized spacial score (nSPS) is 12.3. The minimum Gasteiger partial charge on any atom is -0.383 e. The largest absolute Gasteiger partial charge is 0.383 e. The molecule has 0 amide bonds. The first kappa shape index (κ1) is 15.0. The van der Waals surface area contributed by atoms with Crippen LogP contribution in [0.4, 0.5) is 11.8 Å². The highest BCUT2D eigenvalue weighted by Gasteiger charge is 2.15. The Bertz CT molecular complexity index is 375. The molecule has 0 aromatic carbocycles. The number of likely N-dealkylation sites (N-methyl/N-ethyl adjacent to an activating group) is 1. The Hall–Kier alpha value is -1.07. The summed E-state index contributed by atoms with van der Waals surface area (Å²) in [6.07, 6.45) is 2.65. The Kier molecular flexibility index (Phi) is 6.15. The van der Waals surface area contributed by atoms with Crippen molar-refractivity contribution < 1.29 is 4.74 Å². The lowest BCUT2D eigenvalue weighted by molar-refractivity contribution is 0.183. The van der Waals surface area contributed by atoms with Crippen molar-refractivity contribution in [1.29, 1.82) is 0 Å². The fourth-order valence-electron chi connectivity index (χ4n) is 1.49. The van der Waals surface area contributed by atoms with Crippen LogP contribution in [0.15, 0.2) is 6.20 Å². The molecule has 5 nitrogen and oxygen atoms in total. The second-order valence-corrected chi connectivity index (χ2v) is 4.61. The first-order valence-corrected chi connectivity index (χ1v) is 6.46. The van der Waals surface area contributed by atoms with Gasteiger partial charge in [0, 0.05) is 20.7 Å². The van der Waals surface area contributed by atoms with Crippen LogP contribution in [-0.4, -0.2) is 43.3 Å². The molecule has 1 aromatic heterocycles. The molecule has 1 aromatic rings. The summed E-state index contributed by atoms with van der Waals surface area (Å²) in [6, 6.07) is 0.196. The molecule has 102 valence electrons. The van der Waals surface area contributed by atoms with Gasteiger partial charge in [-0.1, -0.05) is 18.5 Å². The number of aromatic nitrogens is 2. The zero-order valence-corrected chi connectivity index (χ0v) is 12.2. The molecule has 1 N–H and O–H groups in total. The molecule has 0 spiro atoms. The smallest absolute Gasteiger partial charge is 0.224 e. The fourth-order valence-corrected chi connectivity index (χ4v) is 1.71. The van der Waals surface area contributed by atoms with Crippen molar-refractivity contribution in [3.8, 4) is 0 Å². The quantitative estimate of drug-likeness (QED) is 0.826. The Morgan fingerprint density at radius 3 is 2.89 bits per heavy atom. The Balaban J connectivity index is 2.85. The molecule has 18 heavy (non-hydrogen) atoms. The van der Waals surface area contributed by atoms with E-state index >= 15 is 0 Å². The van der Waals surface area contributed by atoms with Gasteiger partial charge in [0.2, 0.25) is 5.95 Å². The van der Waals surface area contributed by atoms with Crippen molar-refractivity contribution in [2.24, 2.45) is 0 Å². The highest BCUT2D eigenvalue weighted by atomic mass is 35.5. The fraction of sp³-hybridized carbons (Fsp3) is 0.667. The third-order valence-electron chi connectivity index (χ3n) is 2.66. The standard InChI is InChI=1S/C12H21ClN4O/c1-5-6-14-12-15-7-10(13)11(16-12)17(3)9(2)8-18-4/h7,9H,5-6,8H2,1-4H3,(H,14,15,16). The minimum atomic E-state index is 0.196. The molecule has 0 saturated carbocycles. The van der Waals surface area contributed by atoms with Gasteiger partial charge in [-0.3, -0.25) is 0 Å². The molecule has 1 unspecified atom stereocenters. The van der Waals surface area contributed by atoms with Crippen LogP contribution < -0.4 is 10.2 Å². The summed E-state index contributed by atoms with van der Waals surface area (Å²) < 4.78 is 5.14. The molecule has 0 aliphatic carbocycles. The number of anilines is 2. The SMILES string of the molecule is CCCNc1ncc(Cl)c(N(C)C(C)COC)n1. The van der Waals surface area contributed by atoms with E-state index in [0.29, 0.717) is 17.6 Å². The molecule has 1 heterocycles. The van der Waals surface area contributed by atoms with Crippen LogP contribution in [0, 0.1) is 0 Å². The average Bonchev–Trinajstić information content (AvgIpc) is 2.37. The third-order valence-corrected chi connectivity index (χ3v) is 2.93. The van der Waals surface area contributed by atoms with Crippen LogP contribution in [0.5, 0.6) is 0 Å². The number of hydrogen-bond acceptors (Lipinski definition) is 5. The highest BCUT2D eigenvalue weighted by Crippen LogP contribution is 2.24. The number of nitrogens with one attached hydrogen (secondary N) is 1. The molecule has 0 aliphatic rings. The molecule has 6 heteroatoms. The summed E-state index contributed by atoms with van der Waals surface area (Å²) in [5, 5.41) is 3.69. The van der Waals surface area contributed by atoms with Gasteiger partial charge in [0.05, 0.1) is 18.8 Å². The summed E-state index contributed by atoms with van der Waals surface area (Å²) >= 11 is 6.13. The van der Waals surface area contributed by atoms with Crippen LogP contribution >= 0.6 is 11.6 Å². The van der Waals surface area contributed by atoms with Gasteiger partial charge in [-0.2, -0.15) is 4.98 Å². The highest BCUT2D eigenvalue weighted by molar-refractivity contribution is 6.32. The van der Waals surface area contributed by atoms with Crippen molar-refractivity contribution in [1.82, 2.24) is 9.97 Å². The monoisotopic (exact) mass is 272 g/mol. The Labute approximate surface area is 114 Å². The average molecular weight is 273 g/mol. The van der Waals surface area contributed by atoms with Crippen molar-refractivity contribution in [2.45, 2.75) is 26.3 Å². The molecule has 1 rings (SSSR count). The van der Waals surface area contributed by atoms with Crippen molar-refractivity contribution >= 4 is 23.4 Å². The summed E-state index contributed by atoms with van der Waals surface area (Å²) in [7, 11) is 3.63. The van der Waals surface area contributed by atoms with Crippen molar-refractivity contribution in [3.63, 3.8) is 0 Å². The minimum absolute atomic E-state index is 0.196. The van der Waals surface area contributed by atoms with Gasteiger partial charge < -0.3 is 15.0 Å². The summed E-state index contributed by atoms with van der Waals surface area (Å²) in [5.41, 5.74) is 0. The maximum absolute atomic E-state index is 6.13. The molecular formula is C12H21ClN4O. The van der Waals surface area contributed by atoms with Gasteiger partial charge in [0.1, 0.15) is 5.02 Å². The zero-order valence-electron chi connectivity index (χ0n) is 11.4. The van der Waals surface area contributed by atoms with Crippen LogP contribution in [0.25, 0.3) is 0 Å². The second kappa shape index (κ2) is 7.38. The van der Waals surface area contributed by atoms with Gasteiger partial charge in [0.15, 0.2) is 5.82 Å². The lowest BCUT2D eigenvalue weighted by atomic mass is 10.3. The van der Waals surface area contributed by atoms with Gasteiger partial charge in [0.25, 0.3) is 0 Å². The van der Waals surface area contributed by atoms with E-state index in [1.165, 1.54) is 0 Å². The van der Waals surface area contributed by atoms with Crippen molar-refractivity contribution in [3.05, 3.63) is 11.2 Å². The van der Waals surface area contributed by atoms with E-state index < -0.39 is 0 Å². The van der Waals surface area contributed by atoms with E-state index in [-0.39, 0.29) is 6.04 Å². The second-order valence-electron chi connectivity index (χ2n) is 4.21. The maximum Gasteiger partial charge on any atom is 0.224 e. The van der Waals surface area contributed by atoms with E-state index in [1.807, 2.05) is 11.9 Å². The Morgan fingerprint density at radius 1 is 1.56 bits per heavy atom. The first-order valence-electron chi connectivity index (χ1n) is 6.08. The number of halogens is 1. The third kappa shape index (κ3) is 3.99. The predicted molar refractivity (Wildman–Crippen MR) is 75.6 cm³/mol. The predicted octanol–water partition coefficient (Wildman–Crippen LogP) is 2.42. The lowest BCUT2D eigenvalue weighted by Gasteiger charge is -2.26. The summed E-state index contributed by atoms with van der Waals surface area (Å²) in [5.74, 6) is 1.32. The number of methoxy groups -OCH3 is 1. The van der Waals surface area contributed by atoms with Gasteiger partial charge in [-0.25, -0.2) is 4.98 Å². The number of rotatable bonds is 7. The van der Waals surface area contributed by atoms with Crippen LogP contribution in [0.3, 0.4) is 0 Å². The number of hydrogen-bond donors (Lipinski definition) is 1. The Morgan fingerprint density at radius 2 is 2.28 bits per heavy atom. The van der Waals surface area contributed by atoms with Gasteiger partial charge >= 0.3 is 0 Å². The van der Waals surface area contributed by atoms with E-state index in [9.17, 15) is 0 Å². The van der Waals surface area contributed by atoms with E-state index in [1.54, 1.807) is 13.3 Å². The summed E-state index contributed by atoms with van der Waals surface area (Å²) in [4.78, 5) is 10.6. The van der Waals surface area contributed by atoms with Gasteiger partial charge in [-0.15, -0.1) is 0 Å². The van der Waals surface area contributed by atoms with E-state index in [2.05, 4.69) is 29.1 Å². The molecule has 0 bridgehead atoms. The molecule has 1 atom stereocenters. The first-order chi connectivity index (χ1) is 8.60. The van der Waals surface area contributed by atoms with Crippen LogP contribution in [-0.2, 0) is 4.74 Å². The molecule has 0 fully saturated rings. The number of nitrogens with zero attached hydrogens (tertiary/aromatic N) is 3. The lowest BCUT2D eigenvalue weighted by Crippen LogP contribution is -2.33. The van der Waals surface area contributed by atoms with E-state index in [0.717, 1.165) is 18.8 Å². The maximum atomic E-state index is 6.13. The van der Waals surface area contributed by atoms with Crippen LogP contribution in [0.2, 0.25) is 5.02 Å². The van der Waals surface area contributed by atoms with Crippen LogP contribution in [0.1, 0.15) is 20.3 Å². The van der Waals surface area contributed by atoms with Crippen molar-refractivity contribution in [2.75, 3.05) is 37.5 Å². The molecule has 0 saturated heterocycles. The molecule has 0 radical (unpaired) electrons. The number of ether oxygens (including phenoxy) is 1. The summed E-state index contributed by atoms with van der Waals surface area (Å²) in [6.45, 7) is 5.62. The molecular weight excluding hydrogens is 252 g/mol. The van der Waals surface area contributed by atoms with Gasteiger partial charge in [-0.05, 0) is 13.3 Å². The topological polar surface area (TPSA) is 50.3 Å². The molecule has 0 aliphatic heterocycles. The zero-order chi connectivity index (χ0) is 13.5. The van der Waals surface area contributed by atoms with E-state index in [4.69, 9.17) is 16.3 Å².